The fourth-order valence-corrected chi connectivity index (χ4v) is 0.992. The van der Waals surface area contributed by atoms with E-state index in [4.69, 9.17) is 4.74 Å². The number of rotatable bonds is 0. The van der Waals surface area contributed by atoms with Crippen molar-refractivity contribution in [3.8, 4) is 5.75 Å². The number of fused-ring (bicyclic) bond motifs is 1. The van der Waals surface area contributed by atoms with E-state index in [0.717, 1.165) is 24.2 Å². The third kappa shape index (κ3) is 0.835. The first-order valence-corrected chi connectivity index (χ1v) is 3.25. The molecular weight excluding hydrogens is 128 g/mol. The van der Waals surface area contributed by atoms with Crippen LogP contribution in [0.4, 0.5) is 0 Å². The molecule has 51 valence electrons. The minimum Gasteiger partial charge on any atom is -0.485 e. The fourth-order valence-electron chi connectivity index (χ4n) is 0.992. The molecule has 0 atom stereocenters. The highest BCUT2D eigenvalue weighted by molar-refractivity contribution is 5.29. The Hall–Kier alpha value is -1.12. The zero-order valence-corrected chi connectivity index (χ0v) is 5.45. The predicted molar refractivity (Wildman–Crippen MR) is 35.3 cm³/mol. The second-order valence-corrected chi connectivity index (χ2v) is 2.20. The molecule has 1 aromatic heterocycles. The molecule has 0 aliphatic carbocycles. The Bertz CT molecular complexity index is 212. The zero-order chi connectivity index (χ0) is 6.81. The number of hydrogen-bond donors (Lipinski definition) is 0. The summed E-state index contributed by atoms with van der Waals surface area (Å²) in [5, 5.41) is 7.46. The van der Waals surface area contributed by atoms with Gasteiger partial charge in [-0.3, -0.25) is 0 Å². The normalized spacial score (nSPS) is 15.6. The lowest BCUT2D eigenvalue weighted by molar-refractivity contribution is 0.363. The van der Waals surface area contributed by atoms with Crippen LogP contribution in [-0.2, 0) is 6.42 Å². The van der Waals surface area contributed by atoms with Crippen LogP contribution in [0.3, 0.4) is 0 Å². The van der Waals surface area contributed by atoms with Crippen molar-refractivity contribution in [3.63, 3.8) is 0 Å². The minimum absolute atomic E-state index is 0.848. The van der Waals surface area contributed by atoms with Crippen LogP contribution in [0.2, 0.25) is 0 Å². The molecule has 0 aromatic carbocycles. The lowest BCUT2D eigenvalue weighted by Gasteiger charge is -2.13. The molecule has 1 aliphatic rings. The third-order valence-electron chi connectivity index (χ3n) is 1.51. The summed E-state index contributed by atoms with van der Waals surface area (Å²) in [6.07, 6.45) is 5.39. The Labute approximate surface area is 59.0 Å². The summed E-state index contributed by atoms with van der Waals surface area (Å²) in [5.41, 5.74) is 1.15. The molecule has 0 unspecified atom stereocenters. The Balaban J connectivity index is 2.41. The summed E-state index contributed by atoms with van der Waals surface area (Å²) in [6.45, 7) is 1.80. The minimum atomic E-state index is 0.848. The second-order valence-electron chi connectivity index (χ2n) is 2.20. The molecule has 0 saturated heterocycles. The quantitative estimate of drug-likeness (QED) is 0.531. The number of aryl methyl sites for hydroxylation is 1. The molecule has 0 saturated carbocycles. The average Bonchev–Trinajstić information content (AvgIpc) is 2.05. The van der Waals surface area contributed by atoms with Crippen LogP contribution in [0, 0.1) is 6.61 Å². The predicted octanol–water partition coefficient (Wildman–Crippen LogP) is 0.963. The van der Waals surface area contributed by atoms with Gasteiger partial charge in [0, 0.05) is 5.56 Å². The topological polar surface area (TPSA) is 35.0 Å². The van der Waals surface area contributed by atoms with Crippen molar-refractivity contribution in [1.82, 2.24) is 10.2 Å². The first kappa shape index (κ1) is 5.65. The van der Waals surface area contributed by atoms with Crippen molar-refractivity contribution < 1.29 is 4.74 Å². The monoisotopic (exact) mass is 135 g/mol. The molecule has 0 N–H and O–H groups in total. The van der Waals surface area contributed by atoms with Gasteiger partial charge in [0.1, 0.15) is 12.4 Å². The second kappa shape index (κ2) is 2.25. The maximum absolute atomic E-state index is 5.20. The number of ether oxygens (including phenoxy) is 1. The maximum Gasteiger partial charge on any atom is 0.144 e. The van der Waals surface area contributed by atoms with Gasteiger partial charge < -0.3 is 4.74 Å². The molecule has 1 aromatic rings. The molecule has 2 rings (SSSR count). The first-order valence-electron chi connectivity index (χ1n) is 3.25. The zero-order valence-electron chi connectivity index (χ0n) is 5.45. The highest BCUT2D eigenvalue weighted by Crippen LogP contribution is 2.22. The molecule has 0 bridgehead atoms. The van der Waals surface area contributed by atoms with Crippen molar-refractivity contribution >= 4 is 0 Å². The van der Waals surface area contributed by atoms with E-state index in [1.807, 2.05) is 0 Å². The molecule has 2 heterocycles. The van der Waals surface area contributed by atoms with Gasteiger partial charge in [-0.05, 0) is 12.8 Å². The van der Waals surface area contributed by atoms with Gasteiger partial charge in [-0.1, -0.05) is 0 Å². The van der Waals surface area contributed by atoms with Gasteiger partial charge >= 0.3 is 0 Å². The van der Waals surface area contributed by atoms with E-state index >= 15 is 0 Å². The van der Waals surface area contributed by atoms with Crippen molar-refractivity contribution in [1.29, 1.82) is 0 Å². The van der Waals surface area contributed by atoms with E-state index in [0.29, 0.717) is 0 Å². The van der Waals surface area contributed by atoms with Crippen LogP contribution < -0.4 is 4.74 Å². The Morgan fingerprint density at radius 1 is 1.30 bits per heavy atom. The van der Waals surface area contributed by atoms with Crippen molar-refractivity contribution in [3.05, 3.63) is 24.6 Å². The van der Waals surface area contributed by atoms with Gasteiger partial charge in [-0.15, -0.1) is 0 Å². The molecule has 1 radical (unpaired) electrons. The number of nitrogens with zero attached hydrogens (tertiary/aromatic N) is 2. The van der Waals surface area contributed by atoms with E-state index in [1.54, 1.807) is 19.0 Å². The van der Waals surface area contributed by atoms with Crippen LogP contribution in [0.1, 0.15) is 12.0 Å². The van der Waals surface area contributed by atoms with Crippen molar-refractivity contribution in [2.24, 2.45) is 0 Å². The van der Waals surface area contributed by atoms with Crippen LogP contribution in [0.25, 0.3) is 0 Å². The SMILES string of the molecule is [CH]1CCc2cnncc2O1. The lowest BCUT2D eigenvalue weighted by atomic mass is 10.1. The molecule has 0 fully saturated rings. The van der Waals surface area contributed by atoms with Gasteiger partial charge in [-0.2, -0.15) is 10.2 Å². The lowest BCUT2D eigenvalue weighted by Crippen LogP contribution is -2.04. The summed E-state index contributed by atoms with van der Waals surface area (Å²) in [4.78, 5) is 0. The van der Waals surface area contributed by atoms with E-state index in [2.05, 4.69) is 10.2 Å². The van der Waals surface area contributed by atoms with Gasteiger partial charge in [0.05, 0.1) is 12.4 Å². The van der Waals surface area contributed by atoms with E-state index < -0.39 is 0 Å². The van der Waals surface area contributed by atoms with Gasteiger partial charge in [-0.25, -0.2) is 0 Å². The highest BCUT2D eigenvalue weighted by Gasteiger charge is 2.09. The van der Waals surface area contributed by atoms with Crippen molar-refractivity contribution in [2.75, 3.05) is 0 Å². The fraction of sp³-hybridized carbons (Fsp3) is 0.286. The summed E-state index contributed by atoms with van der Waals surface area (Å²) in [7, 11) is 0. The maximum atomic E-state index is 5.20. The summed E-state index contributed by atoms with van der Waals surface area (Å²) in [6, 6.07) is 0. The summed E-state index contributed by atoms with van der Waals surface area (Å²) < 4.78 is 5.20. The molecule has 10 heavy (non-hydrogen) atoms. The van der Waals surface area contributed by atoms with Crippen LogP contribution >= 0.6 is 0 Å². The number of hydrogen-bond acceptors (Lipinski definition) is 3. The van der Waals surface area contributed by atoms with Crippen LogP contribution in [-0.4, -0.2) is 10.2 Å². The largest absolute Gasteiger partial charge is 0.485 e. The summed E-state index contributed by atoms with van der Waals surface area (Å²) in [5.74, 6) is 0.848. The average molecular weight is 135 g/mol. The van der Waals surface area contributed by atoms with Crippen LogP contribution in [0.15, 0.2) is 12.4 Å². The van der Waals surface area contributed by atoms with E-state index in [9.17, 15) is 0 Å². The first-order chi connectivity index (χ1) is 4.97. The van der Waals surface area contributed by atoms with Gasteiger partial charge in [0.15, 0.2) is 0 Å². The van der Waals surface area contributed by atoms with E-state index in [-0.39, 0.29) is 0 Å². The third-order valence-corrected chi connectivity index (χ3v) is 1.51. The van der Waals surface area contributed by atoms with Gasteiger partial charge in [0.2, 0.25) is 0 Å². The molecule has 0 amide bonds. The van der Waals surface area contributed by atoms with Crippen molar-refractivity contribution in [2.45, 2.75) is 12.8 Å². The molecular formula is C7H7N2O. The summed E-state index contributed by atoms with van der Waals surface area (Å²) >= 11 is 0. The highest BCUT2D eigenvalue weighted by atomic mass is 16.5. The van der Waals surface area contributed by atoms with Gasteiger partial charge in [0.25, 0.3) is 0 Å². The Morgan fingerprint density at radius 3 is 3.10 bits per heavy atom. The standard InChI is InChI=1S/C7H7N2O/c1-2-6-4-8-9-5-7(6)10-3-1/h3-5H,1-2H2. The molecule has 1 aliphatic heterocycles. The Kier molecular flexibility index (Phi) is 1.27. The molecule has 3 nitrogen and oxygen atoms in total. The van der Waals surface area contributed by atoms with E-state index in [1.165, 1.54) is 0 Å². The number of aromatic nitrogens is 2. The molecule has 0 spiro atoms. The Morgan fingerprint density at radius 2 is 2.20 bits per heavy atom. The van der Waals surface area contributed by atoms with Crippen LogP contribution in [0.5, 0.6) is 5.75 Å². The molecule has 3 heteroatoms. The smallest absolute Gasteiger partial charge is 0.144 e.